The number of benzene rings is 3. The molecule has 0 radical (unpaired) electrons. The minimum absolute atomic E-state index is 0.302. The Labute approximate surface area is 201 Å². The van der Waals surface area contributed by atoms with Crippen LogP contribution in [0.4, 0.5) is 15.6 Å². The van der Waals surface area contributed by atoms with Crippen molar-refractivity contribution < 1.29 is 14.3 Å². The van der Waals surface area contributed by atoms with Crippen LogP contribution in [0, 0.1) is 0 Å². The van der Waals surface area contributed by atoms with Crippen LogP contribution in [0.25, 0.3) is 10.6 Å². The molecule has 1 aromatic heterocycles. The predicted octanol–water partition coefficient (Wildman–Crippen LogP) is 4.59. The van der Waals surface area contributed by atoms with E-state index in [2.05, 4.69) is 26.1 Å². The Morgan fingerprint density at radius 3 is 2.29 bits per heavy atom. The molecule has 34 heavy (non-hydrogen) atoms. The fourth-order valence-electron chi connectivity index (χ4n) is 3.29. The van der Waals surface area contributed by atoms with Crippen molar-refractivity contribution in [1.82, 2.24) is 15.5 Å². The normalized spacial score (nSPS) is 11.3. The van der Waals surface area contributed by atoms with Gasteiger partial charge in [0.05, 0.1) is 12.8 Å². The molecule has 9 heteroatoms. The molecular formula is C25H23N5O3S. The number of nitrogens with zero attached hydrogens (tertiary/aromatic N) is 2. The lowest BCUT2D eigenvalue weighted by Gasteiger charge is -2.19. The van der Waals surface area contributed by atoms with Crippen LogP contribution in [0.1, 0.15) is 5.56 Å². The molecule has 4 aromatic rings. The van der Waals surface area contributed by atoms with Crippen molar-refractivity contribution >= 4 is 34.1 Å². The van der Waals surface area contributed by atoms with Gasteiger partial charge < -0.3 is 15.4 Å². The molecule has 172 valence electrons. The predicted molar refractivity (Wildman–Crippen MR) is 133 cm³/mol. The van der Waals surface area contributed by atoms with Crippen LogP contribution in [0.2, 0.25) is 0 Å². The highest BCUT2D eigenvalue weighted by atomic mass is 32.1. The second-order valence-electron chi connectivity index (χ2n) is 7.31. The van der Waals surface area contributed by atoms with Gasteiger partial charge in [0, 0.05) is 12.0 Å². The number of hydrogen-bond acceptors (Lipinski definition) is 6. The first-order chi connectivity index (χ1) is 16.6. The molecule has 0 saturated heterocycles. The summed E-state index contributed by atoms with van der Waals surface area (Å²) >= 11 is 1.27. The summed E-state index contributed by atoms with van der Waals surface area (Å²) in [6.45, 7) is 0. The zero-order chi connectivity index (χ0) is 23.8. The fourth-order valence-corrected chi connectivity index (χ4v) is 4.04. The third-order valence-electron chi connectivity index (χ3n) is 4.94. The number of ether oxygens (including phenoxy) is 1. The molecule has 1 heterocycles. The van der Waals surface area contributed by atoms with E-state index in [1.807, 2.05) is 60.7 Å². The van der Waals surface area contributed by atoms with E-state index >= 15 is 0 Å². The summed E-state index contributed by atoms with van der Waals surface area (Å²) in [5.74, 6) is 0.124. The monoisotopic (exact) mass is 473 g/mol. The van der Waals surface area contributed by atoms with Crippen molar-refractivity contribution in [3.63, 3.8) is 0 Å². The Morgan fingerprint density at radius 2 is 1.56 bits per heavy atom. The van der Waals surface area contributed by atoms with E-state index in [1.165, 1.54) is 18.4 Å². The van der Waals surface area contributed by atoms with Crippen LogP contribution in [0.3, 0.4) is 0 Å². The van der Waals surface area contributed by atoms with E-state index in [4.69, 9.17) is 4.74 Å². The topological polar surface area (TPSA) is 105 Å². The zero-order valence-corrected chi connectivity index (χ0v) is 19.2. The van der Waals surface area contributed by atoms with E-state index < -0.39 is 18.0 Å². The second-order valence-corrected chi connectivity index (χ2v) is 8.29. The molecule has 1 atom stereocenters. The molecule has 0 spiro atoms. The van der Waals surface area contributed by atoms with Crippen molar-refractivity contribution in [3.8, 4) is 16.3 Å². The Hall–Kier alpha value is -4.24. The number of rotatable bonds is 8. The molecule has 0 aliphatic rings. The number of carbonyl (C=O) groups is 2. The minimum atomic E-state index is -0.846. The van der Waals surface area contributed by atoms with Gasteiger partial charge in [0.2, 0.25) is 11.0 Å². The van der Waals surface area contributed by atoms with Gasteiger partial charge in [-0.2, -0.15) is 0 Å². The molecule has 3 amide bonds. The van der Waals surface area contributed by atoms with Gasteiger partial charge in [0.25, 0.3) is 0 Å². The van der Waals surface area contributed by atoms with Crippen LogP contribution < -0.4 is 20.7 Å². The molecule has 8 nitrogen and oxygen atoms in total. The van der Waals surface area contributed by atoms with E-state index in [0.29, 0.717) is 28.0 Å². The summed E-state index contributed by atoms with van der Waals surface area (Å²) < 4.78 is 5.28. The van der Waals surface area contributed by atoms with Crippen LogP contribution in [-0.2, 0) is 11.2 Å². The molecule has 0 saturated carbocycles. The Balaban J connectivity index is 1.48. The fraction of sp³-hybridized carbons (Fsp3) is 0.120. The SMILES string of the molecule is COc1ccccc1NC(=O)NC(Cc1ccccc1)C(=O)Nc1nnc(-c2ccccc2)s1. The molecule has 3 aromatic carbocycles. The lowest BCUT2D eigenvalue weighted by molar-refractivity contribution is -0.117. The highest BCUT2D eigenvalue weighted by molar-refractivity contribution is 7.18. The van der Waals surface area contributed by atoms with Gasteiger partial charge in [-0.05, 0) is 17.7 Å². The van der Waals surface area contributed by atoms with Gasteiger partial charge >= 0.3 is 6.03 Å². The van der Waals surface area contributed by atoms with E-state index in [9.17, 15) is 9.59 Å². The summed E-state index contributed by atoms with van der Waals surface area (Å²) in [6, 6.07) is 24.7. The van der Waals surface area contributed by atoms with E-state index in [1.54, 1.807) is 24.3 Å². The molecule has 0 fully saturated rings. The second kappa shape index (κ2) is 11.1. The number of urea groups is 1. The number of methoxy groups -OCH3 is 1. The first-order valence-electron chi connectivity index (χ1n) is 10.6. The lowest BCUT2D eigenvalue weighted by Crippen LogP contribution is -2.47. The van der Waals surface area contributed by atoms with Crippen molar-refractivity contribution in [2.24, 2.45) is 0 Å². The molecule has 3 N–H and O–H groups in total. The third kappa shape index (κ3) is 5.96. The maximum atomic E-state index is 13.1. The molecule has 4 rings (SSSR count). The summed E-state index contributed by atoms with van der Waals surface area (Å²) in [5.41, 5.74) is 2.32. The zero-order valence-electron chi connectivity index (χ0n) is 18.4. The third-order valence-corrected chi connectivity index (χ3v) is 5.82. The van der Waals surface area contributed by atoms with Crippen molar-refractivity contribution in [1.29, 1.82) is 0 Å². The van der Waals surface area contributed by atoms with Crippen LogP contribution in [-0.4, -0.2) is 35.3 Å². The first-order valence-corrected chi connectivity index (χ1v) is 11.4. The number of anilines is 2. The average molecular weight is 474 g/mol. The van der Waals surface area contributed by atoms with Crippen molar-refractivity contribution in [2.45, 2.75) is 12.5 Å². The summed E-state index contributed by atoms with van der Waals surface area (Å²) in [5, 5.41) is 17.6. The Bertz CT molecular complexity index is 1250. The lowest BCUT2D eigenvalue weighted by atomic mass is 10.1. The van der Waals surface area contributed by atoms with Gasteiger partial charge in [-0.3, -0.25) is 10.1 Å². The first kappa shape index (κ1) is 22.9. The number of amides is 3. The maximum Gasteiger partial charge on any atom is 0.320 e. The smallest absolute Gasteiger partial charge is 0.320 e. The van der Waals surface area contributed by atoms with Crippen LogP contribution >= 0.6 is 11.3 Å². The minimum Gasteiger partial charge on any atom is -0.495 e. The van der Waals surface area contributed by atoms with Crippen LogP contribution in [0.15, 0.2) is 84.9 Å². The van der Waals surface area contributed by atoms with Crippen molar-refractivity contribution in [3.05, 3.63) is 90.5 Å². The number of hydrogen-bond donors (Lipinski definition) is 3. The number of aromatic nitrogens is 2. The van der Waals surface area contributed by atoms with Gasteiger partial charge in [0.1, 0.15) is 16.8 Å². The number of nitrogens with one attached hydrogen (secondary N) is 3. The summed E-state index contributed by atoms with van der Waals surface area (Å²) in [6.07, 6.45) is 0.302. The van der Waals surface area contributed by atoms with Gasteiger partial charge in [-0.1, -0.05) is 84.1 Å². The van der Waals surface area contributed by atoms with Gasteiger partial charge in [0.15, 0.2) is 0 Å². The maximum absolute atomic E-state index is 13.1. The number of para-hydroxylation sites is 2. The molecule has 1 unspecified atom stereocenters. The summed E-state index contributed by atoms with van der Waals surface area (Å²) in [4.78, 5) is 25.9. The van der Waals surface area contributed by atoms with Crippen LogP contribution in [0.5, 0.6) is 5.75 Å². The van der Waals surface area contributed by atoms with E-state index in [-0.39, 0.29) is 0 Å². The summed E-state index contributed by atoms with van der Waals surface area (Å²) in [7, 11) is 1.52. The standard InChI is InChI=1S/C25H23N5O3S/c1-33-21-15-9-8-14-19(21)26-24(32)27-20(16-17-10-4-2-5-11-17)22(31)28-25-30-29-23(34-25)18-12-6-3-7-13-18/h2-15,20H,16H2,1H3,(H2,26,27,32)(H,28,30,31). The molecule has 0 bridgehead atoms. The average Bonchev–Trinajstić information content (AvgIpc) is 3.33. The number of carbonyl (C=O) groups excluding carboxylic acids is 2. The van der Waals surface area contributed by atoms with Gasteiger partial charge in [-0.15, -0.1) is 10.2 Å². The quantitative estimate of drug-likeness (QED) is 0.347. The Kier molecular flexibility index (Phi) is 7.46. The largest absolute Gasteiger partial charge is 0.495 e. The molecule has 0 aliphatic heterocycles. The highest BCUT2D eigenvalue weighted by Gasteiger charge is 2.23. The molecule has 0 aliphatic carbocycles. The van der Waals surface area contributed by atoms with Gasteiger partial charge in [-0.25, -0.2) is 4.79 Å². The van der Waals surface area contributed by atoms with E-state index in [0.717, 1.165) is 11.1 Å². The van der Waals surface area contributed by atoms with Crippen molar-refractivity contribution in [2.75, 3.05) is 17.7 Å². The Morgan fingerprint density at radius 1 is 0.882 bits per heavy atom. The highest BCUT2D eigenvalue weighted by Crippen LogP contribution is 2.26. The molecular weight excluding hydrogens is 450 g/mol.